The fourth-order valence-corrected chi connectivity index (χ4v) is 4.92. The zero-order chi connectivity index (χ0) is 24.2. The smallest absolute Gasteiger partial charge is 0.166 e. The number of hydrogen-bond donors (Lipinski definition) is 1. The summed E-state index contributed by atoms with van der Waals surface area (Å²) in [4.78, 5) is 13.2. The van der Waals surface area contributed by atoms with Crippen molar-refractivity contribution in [2.45, 2.75) is 20.0 Å². The molecule has 0 radical (unpaired) electrons. The zero-order valence-electron chi connectivity index (χ0n) is 19.4. The predicted octanol–water partition coefficient (Wildman–Crippen LogP) is 5.33. The normalized spacial score (nSPS) is 15.8. The molecule has 6 rings (SSSR count). The first-order valence-electron chi connectivity index (χ1n) is 11.2. The van der Waals surface area contributed by atoms with Crippen LogP contribution >= 0.6 is 11.3 Å². The Balaban J connectivity index is 1.48. The minimum Gasteiger partial charge on any atom is -0.489 e. The second kappa shape index (κ2) is 8.24. The molecule has 0 bridgehead atoms. The van der Waals surface area contributed by atoms with Gasteiger partial charge in [0.25, 0.3) is 0 Å². The first-order chi connectivity index (χ1) is 16.9. The van der Waals surface area contributed by atoms with Crippen molar-refractivity contribution in [1.29, 1.82) is 0 Å². The lowest BCUT2D eigenvalue weighted by Crippen LogP contribution is -2.50. The topological polar surface area (TPSA) is 87.0 Å². The molecule has 4 heterocycles. The van der Waals surface area contributed by atoms with E-state index in [0.717, 1.165) is 11.1 Å². The number of nitrogens with zero attached hydrogens (tertiary/aromatic N) is 5. The van der Waals surface area contributed by atoms with Gasteiger partial charge in [0.05, 0.1) is 57.1 Å². The Morgan fingerprint density at radius 2 is 2.03 bits per heavy atom. The van der Waals surface area contributed by atoms with Crippen LogP contribution in [0.4, 0.5) is 15.9 Å². The van der Waals surface area contributed by atoms with Gasteiger partial charge in [-0.3, -0.25) is 4.68 Å². The van der Waals surface area contributed by atoms with Crippen molar-refractivity contribution in [3.63, 3.8) is 0 Å². The predicted molar refractivity (Wildman–Crippen MR) is 134 cm³/mol. The van der Waals surface area contributed by atoms with Crippen molar-refractivity contribution in [2.24, 2.45) is 12.5 Å². The van der Waals surface area contributed by atoms with Crippen molar-refractivity contribution in [3.05, 3.63) is 54.3 Å². The molecular weight excluding hydrogens is 467 g/mol. The van der Waals surface area contributed by atoms with Gasteiger partial charge in [0, 0.05) is 18.8 Å². The summed E-state index contributed by atoms with van der Waals surface area (Å²) < 4.78 is 29.4. The summed E-state index contributed by atoms with van der Waals surface area (Å²) in [5.74, 6) is 0.718. The van der Waals surface area contributed by atoms with Crippen LogP contribution in [0.25, 0.3) is 32.2 Å². The molecule has 3 aromatic heterocycles. The van der Waals surface area contributed by atoms with Crippen LogP contribution in [0.3, 0.4) is 0 Å². The third kappa shape index (κ3) is 3.78. The Morgan fingerprint density at radius 1 is 1.17 bits per heavy atom. The molecule has 0 spiro atoms. The van der Waals surface area contributed by atoms with Gasteiger partial charge >= 0.3 is 0 Å². The van der Waals surface area contributed by atoms with Gasteiger partial charge in [-0.15, -0.1) is 11.3 Å². The molecule has 1 fully saturated rings. The Kier molecular flexibility index (Phi) is 5.15. The molecule has 8 nitrogen and oxygen atoms in total. The highest BCUT2D eigenvalue weighted by Gasteiger charge is 2.40. The Bertz CT molecular complexity index is 1560. The first-order valence-corrected chi connectivity index (χ1v) is 12.1. The quantitative estimate of drug-likeness (QED) is 0.344. The average molecular weight is 491 g/mol. The monoisotopic (exact) mass is 490 g/mol. The molecule has 1 aliphatic rings. The first kappa shape index (κ1) is 21.9. The van der Waals surface area contributed by atoms with E-state index in [4.69, 9.17) is 9.47 Å². The maximum atomic E-state index is 15.2. The molecule has 0 saturated carbocycles. The highest BCUT2D eigenvalue weighted by atomic mass is 32.1. The maximum absolute atomic E-state index is 15.2. The highest BCUT2D eigenvalue weighted by Crippen LogP contribution is 2.40. The van der Waals surface area contributed by atoms with Crippen LogP contribution in [0.15, 0.2) is 48.5 Å². The number of rotatable bonds is 6. The van der Waals surface area contributed by atoms with Gasteiger partial charge in [0.1, 0.15) is 24.0 Å². The second-order valence-corrected chi connectivity index (χ2v) is 10.0. The number of thiazole rings is 1. The number of benzene rings is 2. The lowest BCUT2D eigenvalue weighted by molar-refractivity contribution is -0.148. The number of hydrogen-bond acceptors (Lipinski definition) is 8. The van der Waals surface area contributed by atoms with Crippen molar-refractivity contribution >= 4 is 44.0 Å². The fourth-order valence-electron chi connectivity index (χ4n) is 4.19. The van der Waals surface area contributed by atoms with Crippen LogP contribution in [-0.4, -0.2) is 44.1 Å². The van der Waals surface area contributed by atoms with E-state index in [1.165, 1.54) is 17.7 Å². The van der Waals surface area contributed by atoms with Crippen LogP contribution < -0.4 is 10.1 Å². The number of anilines is 2. The molecule has 0 aliphatic carbocycles. The van der Waals surface area contributed by atoms with Gasteiger partial charge in [-0.1, -0.05) is 6.92 Å². The number of halogens is 1. The maximum Gasteiger partial charge on any atom is 0.166 e. The molecule has 10 heteroatoms. The molecule has 5 aromatic rings. The molecule has 1 N–H and O–H groups in total. The van der Waals surface area contributed by atoms with E-state index in [1.807, 2.05) is 32.3 Å². The summed E-state index contributed by atoms with van der Waals surface area (Å²) in [7, 11) is 1.88. The van der Waals surface area contributed by atoms with Crippen LogP contribution in [0.2, 0.25) is 0 Å². The lowest BCUT2D eigenvalue weighted by atomic mass is 9.83. The Hall–Kier alpha value is -3.63. The van der Waals surface area contributed by atoms with Gasteiger partial charge < -0.3 is 14.8 Å². The number of fused-ring (bicyclic) bond motifs is 2. The average Bonchev–Trinajstić information content (AvgIpc) is 3.48. The van der Waals surface area contributed by atoms with E-state index in [2.05, 4.69) is 32.3 Å². The third-order valence-corrected chi connectivity index (χ3v) is 7.42. The van der Waals surface area contributed by atoms with Crippen molar-refractivity contribution in [2.75, 3.05) is 18.5 Å². The van der Waals surface area contributed by atoms with Crippen LogP contribution in [0.5, 0.6) is 5.75 Å². The minimum atomic E-state index is -0.362. The summed E-state index contributed by atoms with van der Waals surface area (Å²) >= 11 is 1.26. The van der Waals surface area contributed by atoms with Gasteiger partial charge in [-0.25, -0.2) is 19.3 Å². The third-order valence-electron chi connectivity index (χ3n) is 6.58. The summed E-state index contributed by atoms with van der Waals surface area (Å²) in [5, 5.41) is 8.15. The molecule has 0 amide bonds. The van der Waals surface area contributed by atoms with Crippen molar-refractivity contribution in [3.8, 4) is 16.9 Å². The van der Waals surface area contributed by atoms with Gasteiger partial charge in [-0.2, -0.15) is 5.10 Å². The second-order valence-electron chi connectivity index (χ2n) is 9.15. The van der Waals surface area contributed by atoms with Gasteiger partial charge in [0.2, 0.25) is 0 Å². The highest BCUT2D eigenvalue weighted by molar-refractivity contribution is 7.16. The summed E-state index contributed by atoms with van der Waals surface area (Å²) in [6.07, 6.45) is 5.09. The lowest BCUT2D eigenvalue weighted by Gasteiger charge is -2.42. The molecular formula is C25H23FN6O2S. The van der Waals surface area contributed by atoms with Gasteiger partial charge in [-0.05, 0) is 36.8 Å². The largest absolute Gasteiger partial charge is 0.489 e. The molecule has 0 unspecified atom stereocenters. The summed E-state index contributed by atoms with van der Waals surface area (Å²) in [6, 6.07) is 7.40. The van der Waals surface area contributed by atoms with E-state index < -0.39 is 0 Å². The molecule has 1 atom stereocenters. The van der Waals surface area contributed by atoms with E-state index in [-0.39, 0.29) is 17.3 Å². The molecule has 178 valence electrons. The van der Waals surface area contributed by atoms with Crippen molar-refractivity contribution < 1.29 is 13.9 Å². The number of aromatic nitrogens is 5. The number of ether oxygens (including phenoxy) is 2. The number of aryl methyl sites for hydroxylation is 1. The number of nitrogens with one attached hydrogen (secondary N) is 1. The van der Waals surface area contributed by atoms with Crippen LogP contribution in [0, 0.1) is 11.2 Å². The molecule has 1 saturated heterocycles. The van der Waals surface area contributed by atoms with Gasteiger partial charge in [0.15, 0.2) is 5.82 Å². The van der Waals surface area contributed by atoms with Crippen LogP contribution in [0.1, 0.15) is 13.8 Å². The van der Waals surface area contributed by atoms with Crippen LogP contribution in [-0.2, 0) is 11.8 Å². The molecule has 1 aliphatic heterocycles. The summed E-state index contributed by atoms with van der Waals surface area (Å²) in [6.45, 7) is 5.45. The minimum absolute atomic E-state index is 0.0941. The summed E-state index contributed by atoms with van der Waals surface area (Å²) in [5.41, 5.74) is 5.03. The molecule has 35 heavy (non-hydrogen) atoms. The van der Waals surface area contributed by atoms with E-state index in [0.29, 0.717) is 51.6 Å². The molecule has 2 aromatic carbocycles. The van der Waals surface area contributed by atoms with E-state index in [1.54, 1.807) is 28.5 Å². The van der Waals surface area contributed by atoms with Crippen molar-refractivity contribution in [1.82, 2.24) is 24.7 Å². The SMILES string of the molecule is C[C@@H](Oc1cc(-c2cnn(C)c2)cc2ncnc(Nc3ccc4ncsc4c3F)c12)C1(C)COC1. The van der Waals surface area contributed by atoms with E-state index in [9.17, 15) is 0 Å². The van der Waals surface area contributed by atoms with E-state index >= 15 is 4.39 Å². The Morgan fingerprint density at radius 3 is 2.77 bits per heavy atom. The Labute approximate surface area is 204 Å². The zero-order valence-corrected chi connectivity index (χ0v) is 20.3. The fraction of sp³-hybridized carbons (Fsp3) is 0.280. The standard InChI is InChI=1S/C25H23FN6O2S/c1-14(25(2)10-33-11-25)34-20-7-15(16-8-30-32(3)9-16)6-19-21(20)24(28-12-27-19)31-17-4-5-18-23(22(17)26)35-13-29-18/h4-9,12-14H,10-11H2,1-3H3,(H,27,28,31)/t14-/m1/s1.